The second-order valence-corrected chi connectivity index (χ2v) is 6.43. The van der Waals surface area contributed by atoms with Gasteiger partial charge in [0.1, 0.15) is 23.9 Å². The van der Waals surface area contributed by atoms with Crippen molar-refractivity contribution in [2.24, 2.45) is 0 Å². The Bertz CT molecular complexity index is 928. The van der Waals surface area contributed by atoms with Crippen LogP contribution in [0, 0.1) is 13.8 Å². The van der Waals surface area contributed by atoms with Crippen molar-refractivity contribution in [3.8, 4) is 11.5 Å². The molecule has 134 valence electrons. The summed E-state index contributed by atoms with van der Waals surface area (Å²) in [6, 6.07) is 13.6. The van der Waals surface area contributed by atoms with E-state index in [1.165, 1.54) is 18.2 Å². The summed E-state index contributed by atoms with van der Waals surface area (Å²) in [4.78, 5) is 12.3. The van der Waals surface area contributed by atoms with Crippen molar-refractivity contribution < 1.29 is 19.1 Å². The molecule has 3 rings (SSSR count). The van der Waals surface area contributed by atoms with Crippen LogP contribution in [0.1, 0.15) is 27.4 Å². The molecule has 0 bridgehead atoms. The summed E-state index contributed by atoms with van der Waals surface area (Å²) < 4.78 is 11.2. The SMILES string of the molecule is Cc1cc(C)cc(OCc2ccc(C(=O)Nc3cc(Cl)ccc3O)o2)c1. The molecular weight excluding hydrogens is 354 g/mol. The van der Waals surface area contributed by atoms with Gasteiger partial charge in [0.2, 0.25) is 0 Å². The van der Waals surface area contributed by atoms with E-state index in [4.69, 9.17) is 20.8 Å². The predicted molar refractivity (Wildman–Crippen MR) is 100 cm³/mol. The van der Waals surface area contributed by atoms with E-state index in [1.54, 1.807) is 12.1 Å². The average molecular weight is 372 g/mol. The lowest BCUT2D eigenvalue weighted by Crippen LogP contribution is -2.11. The Balaban J connectivity index is 1.65. The summed E-state index contributed by atoms with van der Waals surface area (Å²) in [5, 5.41) is 12.7. The molecule has 5 nitrogen and oxygen atoms in total. The van der Waals surface area contributed by atoms with Crippen LogP contribution in [0.3, 0.4) is 0 Å². The second kappa shape index (κ2) is 7.54. The normalized spacial score (nSPS) is 10.6. The molecule has 0 spiro atoms. The van der Waals surface area contributed by atoms with Gasteiger partial charge < -0.3 is 19.6 Å². The summed E-state index contributed by atoms with van der Waals surface area (Å²) in [6.45, 7) is 4.21. The summed E-state index contributed by atoms with van der Waals surface area (Å²) in [5.74, 6) is 0.815. The van der Waals surface area contributed by atoms with Gasteiger partial charge in [-0.1, -0.05) is 17.7 Å². The average Bonchev–Trinajstić information content (AvgIpc) is 3.04. The van der Waals surface area contributed by atoms with Gasteiger partial charge in [0.05, 0.1) is 5.69 Å². The first-order valence-electron chi connectivity index (χ1n) is 8.00. The van der Waals surface area contributed by atoms with E-state index in [9.17, 15) is 9.90 Å². The number of rotatable bonds is 5. The largest absolute Gasteiger partial charge is 0.506 e. The fourth-order valence-electron chi connectivity index (χ4n) is 2.54. The molecule has 1 amide bonds. The molecule has 1 heterocycles. The Labute approximate surface area is 156 Å². The highest BCUT2D eigenvalue weighted by Crippen LogP contribution is 2.27. The van der Waals surface area contributed by atoms with Gasteiger partial charge >= 0.3 is 0 Å². The van der Waals surface area contributed by atoms with Crippen molar-refractivity contribution in [3.05, 3.63) is 76.2 Å². The first-order chi connectivity index (χ1) is 12.4. The highest BCUT2D eigenvalue weighted by Gasteiger charge is 2.14. The van der Waals surface area contributed by atoms with Crippen LogP contribution in [0.2, 0.25) is 5.02 Å². The smallest absolute Gasteiger partial charge is 0.291 e. The van der Waals surface area contributed by atoms with Crippen LogP contribution in [0.15, 0.2) is 52.9 Å². The molecule has 0 radical (unpaired) electrons. The highest BCUT2D eigenvalue weighted by atomic mass is 35.5. The molecule has 0 saturated carbocycles. The maximum absolute atomic E-state index is 12.3. The minimum Gasteiger partial charge on any atom is -0.506 e. The quantitative estimate of drug-likeness (QED) is 0.613. The van der Waals surface area contributed by atoms with E-state index in [-0.39, 0.29) is 23.8 Å². The maximum Gasteiger partial charge on any atom is 0.291 e. The molecular formula is C20H18ClNO4. The van der Waals surface area contributed by atoms with Crippen molar-refractivity contribution in [1.82, 2.24) is 0 Å². The molecule has 26 heavy (non-hydrogen) atoms. The molecule has 0 atom stereocenters. The number of hydrogen-bond donors (Lipinski definition) is 2. The Morgan fingerprint density at radius 2 is 1.85 bits per heavy atom. The van der Waals surface area contributed by atoms with Crippen LogP contribution in [-0.4, -0.2) is 11.0 Å². The molecule has 2 N–H and O–H groups in total. The Hall–Kier alpha value is -2.92. The maximum atomic E-state index is 12.3. The molecule has 1 aromatic heterocycles. The zero-order valence-electron chi connectivity index (χ0n) is 14.4. The number of carbonyl (C=O) groups is 1. The number of benzene rings is 2. The number of anilines is 1. The van der Waals surface area contributed by atoms with Crippen LogP contribution in [0.25, 0.3) is 0 Å². The van der Waals surface area contributed by atoms with Gasteiger partial charge in [-0.05, 0) is 67.4 Å². The van der Waals surface area contributed by atoms with Gasteiger partial charge in [0, 0.05) is 5.02 Å². The third-order valence-corrected chi connectivity index (χ3v) is 3.90. The fraction of sp³-hybridized carbons (Fsp3) is 0.150. The van der Waals surface area contributed by atoms with Crippen molar-refractivity contribution in [3.63, 3.8) is 0 Å². The lowest BCUT2D eigenvalue weighted by molar-refractivity contribution is 0.0992. The Morgan fingerprint density at radius 1 is 1.12 bits per heavy atom. The summed E-state index contributed by atoms with van der Waals surface area (Å²) >= 11 is 5.87. The van der Waals surface area contributed by atoms with Gasteiger partial charge in [0.25, 0.3) is 5.91 Å². The lowest BCUT2D eigenvalue weighted by atomic mass is 10.1. The van der Waals surface area contributed by atoms with Crippen LogP contribution < -0.4 is 10.1 Å². The van der Waals surface area contributed by atoms with Crippen molar-refractivity contribution in [2.75, 3.05) is 5.32 Å². The number of ether oxygens (including phenoxy) is 1. The predicted octanol–water partition coefficient (Wildman–Crippen LogP) is 5.09. The molecule has 0 unspecified atom stereocenters. The van der Waals surface area contributed by atoms with Crippen LogP contribution in [-0.2, 0) is 6.61 Å². The number of aromatic hydroxyl groups is 1. The zero-order chi connectivity index (χ0) is 18.7. The van der Waals surface area contributed by atoms with E-state index in [1.807, 2.05) is 26.0 Å². The third-order valence-electron chi connectivity index (χ3n) is 3.67. The van der Waals surface area contributed by atoms with Gasteiger partial charge in [-0.3, -0.25) is 4.79 Å². The minimum atomic E-state index is -0.486. The van der Waals surface area contributed by atoms with Gasteiger partial charge in [-0.25, -0.2) is 0 Å². The first kappa shape index (κ1) is 17.9. The number of amides is 1. The number of furan rings is 1. The van der Waals surface area contributed by atoms with E-state index in [0.717, 1.165) is 16.9 Å². The zero-order valence-corrected chi connectivity index (χ0v) is 15.1. The van der Waals surface area contributed by atoms with Crippen LogP contribution >= 0.6 is 11.6 Å². The molecule has 0 aliphatic carbocycles. The number of hydrogen-bond acceptors (Lipinski definition) is 4. The Kier molecular flexibility index (Phi) is 5.19. The number of phenols is 1. The molecule has 0 aliphatic heterocycles. The molecule has 0 aliphatic rings. The van der Waals surface area contributed by atoms with Crippen LogP contribution in [0.5, 0.6) is 11.5 Å². The third kappa shape index (κ3) is 4.37. The van der Waals surface area contributed by atoms with Crippen LogP contribution in [0.4, 0.5) is 5.69 Å². The number of nitrogens with one attached hydrogen (secondary N) is 1. The molecule has 3 aromatic rings. The number of aryl methyl sites for hydroxylation is 2. The molecule has 0 saturated heterocycles. The molecule has 0 fully saturated rings. The van der Waals surface area contributed by atoms with E-state index in [2.05, 4.69) is 11.4 Å². The topological polar surface area (TPSA) is 71.7 Å². The van der Waals surface area contributed by atoms with Gasteiger partial charge in [0.15, 0.2) is 5.76 Å². The fourth-order valence-corrected chi connectivity index (χ4v) is 2.71. The first-order valence-corrected chi connectivity index (χ1v) is 8.38. The van der Waals surface area contributed by atoms with Crippen molar-refractivity contribution in [1.29, 1.82) is 0 Å². The number of carbonyl (C=O) groups excluding carboxylic acids is 1. The van der Waals surface area contributed by atoms with E-state index < -0.39 is 5.91 Å². The van der Waals surface area contributed by atoms with Crippen molar-refractivity contribution in [2.45, 2.75) is 20.5 Å². The lowest BCUT2D eigenvalue weighted by Gasteiger charge is -2.07. The van der Waals surface area contributed by atoms with Gasteiger partial charge in [-0.2, -0.15) is 0 Å². The highest BCUT2D eigenvalue weighted by molar-refractivity contribution is 6.31. The summed E-state index contributed by atoms with van der Waals surface area (Å²) in [7, 11) is 0. The van der Waals surface area contributed by atoms with Gasteiger partial charge in [-0.15, -0.1) is 0 Å². The number of phenolic OH excluding ortho intramolecular Hbond substituents is 1. The van der Waals surface area contributed by atoms with Crippen molar-refractivity contribution >= 4 is 23.2 Å². The summed E-state index contributed by atoms with van der Waals surface area (Å²) in [5.41, 5.74) is 2.44. The van der Waals surface area contributed by atoms with E-state index in [0.29, 0.717) is 10.8 Å². The minimum absolute atomic E-state index is 0.0762. The molecule has 6 heteroatoms. The molecule has 2 aromatic carbocycles. The Morgan fingerprint density at radius 3 is 2.58 bits per heavy atom. The monoisotopic (exact) mass is 371 g/mol. The number of halogens is 1. The standard InChI is InChI=1S/C20H18ClNO4/c1-12-7-13(2)9-16(8-12)25-11-15-4-6-19(26-15)20(24)22-17-10-14(21)3-5-18(17)23/h3-10,23H,11H2,1-2H3,(H,22,24). The van der Waals surface area contributed by atoms with E-state index >= 15 is 0 Å². The second-order valence-electron chi connectivity index (χ2n) is 5.99. The summed E-state index contributed by atoms with van der Waals surface area (Å²) in [6.07, 6.45) is 0.